The molecule has 6 heteroatoms. The van der Waals surface area contributed by atoms with Crippen molar-refractivity contribution >= 4 is 0 Å². The first-order valence-electron chi connectivity index (χ1n) is 7.14. The molecule has 1 fully saturated rings. The van der Waals surface area contributed by atoms with Crippen LogP contribution < -0.4 is 0 Å². The number of nitrogens with zero attached hydrogens (tertiary/aromatic N) is 3. The lowest BCUT2D eigenvalue weighted by Crippen LogP contribution is -2.17. The molecule has 0 radical (unpaired) electrons. The normalized spacial score (nSPS) is 28.6. The fourth-order valence-electron chi connectivity index (χ4n) is 3.81. The minimum atomic E-state index is -0.572. The van der Waals surface area contributed by atoms with Gasteiger partial charge in [-0.2, -0.15) is 5.26 Å². The van der Waals surface area contributed by atoms with Gasteiger partial charge in [0.1, 0.15) is 11.8 Å². The van der Waals surface area contributed by atoms with Gasteiger partial charge in [-0.1, -0.05) is 0 Å². The van der Waals surface area contributed by atoms with Gasteiger partial charge in [0.15, 0.2) is 0 Å². The Balaban J connectivity index is 1.96. The molecular formula is C16H15N3O3. The lowest BCUT2D eigenvalue weighted by atomic mass is 9.80. The Morgan fingerprint density at radius 1 is 1.18 bits per heavy atom. The highest BCUT2D eigenvalue weighted by molar-refractivity contribution is 5.60. The van der Waals surface area contributed by atoms with Crippen molar-refractivity contribution in [2.24, 2.45) is 0 Å². The first kappa shape index (κ1) is 13.2. The molecule has 2 aromatic rings. The average Bonchev–Trinajstić information content (AvgIpc) is 3.04. The number of rotatable bonds is 1. The predicted molar refractivity (Wildman–Crippen MR) is 76.6 cm³/mol. The number of pyridine rings is 1. The second-order valence-electron chi connectivity index (χ2n) is 6.31. The number of fused-ring (bicyclic) bond motifs is 5. The maximum absolute atomic E-state index is 10.6. The van der Waals surface area contributed by atoms with E-state index >= 15 is 0 Å². The highest BCUT2D eigenvalue weighted by atomic mass is 16.5. The van der Waals surface area contributed by atoms with E-state index in [0.29, 0.717) is 16.8 Å². The summed E-state index contributed by atoms with van der Waals surface area (Å²) in [6.07, 6.45) is 3.07. The van der Waals surface area contributed by atoms with Crippen molar-refractivity contribution in [3.63, 3.8) is 0 Å². The topological polar surface area (TPSA) is 91.3 Å². The molecule has 2 aromatic heterocycles. The summed E-state index contributed by atoms with van der Waals surface area (Å²) in [5.41, 5.74) is 0.958. The number of hydrogen-bond acceptors (Lipinski definition) is 5. The third kappa shape index (κ3) is 1.39. The molecule has 2 atom stereocenters. The van der Waals surface area contributed by atoms with Crippen LogP contribution in [0.5, 0.6) is 11.8 Å². The minimum absolute atomic E-state index is 0.0232. The van der Waals surface area contributed by atoms with E-state index in [1.807, 2.05) is 19.9 Å². The van der Waals surface area contributed by atoms with E-state index in [2.05, 4.69) is 4.98 Å². The fourth-order valence-corrected chi connectivity index (χ4v) is 3.81. The fraction of sp³-hybridized carbons (Fsp3) is 0.375. The molecule has 0 saturated carbocycles. The summed E-state index contributed by atoms with van der Waals surface area (Å²) in [5.74, 6) is -0.0464. The lowest BCUT2D eigenvalue weighted by molar-refractivity contribution is -0.0683. The van der Waals surface area contributed by atoms with Crippen molar-refractivity contribution in [2.75, 3.05) is 0 Å². The Bertz CT molecular complexity index is 794. The van der Waals surface area contributed by atoms with Crippen molar-refractivity contribution in [1.29, 1.82) is 5.26 Å². The minimum Gasteiger partial charge on any atom is -0.494 e. The van der Waals surface area contributed by atoms with Crippen molar-refractivity contribution in [3.8, 4) is 23.5 Å². The van der Waals surface area contributed by atoms with Gasteiger partial charge < -0.3 is 14.9 Å². The van der Waals surface area contributed by atoms with Crippen molar-refractivity contribution in [1.82, 2.24) is 9.55 Å². The molecule has 0 spiro atoms. The predicted octanol–water partition coefficient (Wildman–Crippen LogP) is 2.41. The van der Waals surface area contributed by atoms with Gasteiger partial charge in [0.25, 0.3) is 0 Å². The van der Waals surface area contributed by atoms with E-state index < -0.39 is 11.2 Å². The summed E-state index contributed by atoms with van der Waals surface area (Å²) in [6.45, 7) is 3.87. The summed E-state index contributed by atoms with van der Waals surface area (Å²) in [4.78, 5) is 3.99. The SMILES string of the molecule is C[C@]12CC[C@](C)(O1)c1c2c(O)n(-c2ccc(C#N)nc2)c1O. The molecule has 4 heterocycles. The van der Waals surface area contributed by atoms with Crippen LogP contribution in [-0.2, 0) is 15.9 Å². The smallest absolute Gasteiger partial charge is 0.205 e. The molecule has 112 valence electrons. The molecule has 2 aliphatic heterocycles. The van der Waals surface area contributed by atoms with Gasteiger partial charge in [0.05, 0.1) is 34.2 Å². The highest BCUT2D eigenvalue weighted by Gasteiger charge is 2.59. The van der Waals surface area contributed by atoms with Crippen LogP contribution >= 0.6 is 0 Å². The molecule has 4 rings (SSSR count). The van der Waals surface area contributed by atoms with Crippen molar-refractivity contribution < 1.29 is 14.9 Å². The summed E-state index contributed by atoms with van der Waals surface area (Å²) < 4.78 is 7.42. The van der Waals surface area contributed by atoms with Gasteiger partial charge in [0.2, 0.25) is 11.8 Å². The van der Waals surface area contributed by atoms with Crippen LogP contribution in [0, 0.1) is 11.3 Å². The number of hydrogen-bond donors (Lipinski definition) is 2. The first-order valence-corrected chi connectivity index (χ1v) is 7.14. The quantitative estimate of drug-likeness (QED) is 0.843. The van der Waals surface area contributed by atoms with E-state index in [0.717, 1.165) is 12.8 Å². The van der Waals surface area contributed by atoms with Crippen LogP contribution in [0.2, 0.25) is 0 Å². The molecule has 2 N–H and O–H groups in total. The van der Waals surface area contributed by atoms with Crippen LogP contribution in [-0.4, -0.2) is 19.8 Å². The second-order valence-corrected chi connectivity index (χ2v) is 6.31. The molecule has 0 aliphatic carbocycles. The maximum atomic E-state index is 10.6. The second kappa shape index (κ2) is 3.81. The number of nitriles is 1. The Hall–Kier alpha value is -2.52. The largest absolute Gasteiger partial charge is 0.494 e. The molecule has 2 bridgehead atoms. The monoisotopic (exact) mass is 297 g/mol. The van der Waals surface area contributed by atoms with E-state index in [9.17, 15) is 10.2 Å². The Kier molecular flexibility index (Phi) is 2.28. The summed E-state index contributed by atoms with van der Waals surface area (Å²) >= 11 is 0. The van der Waals surface area contributed by atoms with Crippen molar-refractivity contribution in [3.05, 3.63) is 35.2 Å². The summed E-state index contributed by atoms with van der Waals surface area (Å²) in [5, 5.41) is 30.1. The molecule has 0 unspecified atom stereocenters. The van der Waals surface area contributed by atoms with Crippen LogP contribution in [0.15, 0.2) is 18.3 Å². The van der Waals surface area contributed by atoms with Gasteiger partial charge in [-0.05, 0) is 38.8 Å². The number of aromatic hydroxyl groups is 2. The Morgan fingerprint density at radius 2 is 1.77 bits per heavy atom. The third-order valence-electron chi connectivity index (χ3n) is 4.83. The molecule has 2 aliphatic rings. The summed E-state index contributed by atoms with van der Waals surface area (Å²) in [6, 6.07) is 5.14. The summed E-state index contributed by atoms with van der Waals surface area (Å²) in [7, 11) is 0. The lowest BCUT2D eigenvalue weighted by Gasteiger charge is -2.20. The van der Waals surface area contributed by atoms with Gasteiger partial charge in [-0.25, -0.2) is 9.55 Å². The molecule has 0 aromatic carbocycles. The van der Waals surface area contributed by atoms with Crippen LogP contribution in [0.1, 0.15) is 43.5 Å². The first-order chi connectivity index (χ1) is 10.4. The molecule has 6 nitrogen and oxygen atoms in total. The van der Waals surface area contributed by atoms with Gasteiger partial charge in [-0.15, -0.1) is 0 Å². The Morgan fingerprint density at radius 3 is 2.23 bits per heavy atom. The van der Waals surface area contributed by atoms with Gasteiger partial charge in [-0.3, -0.25) is 0 Å². The number of aromatic nitrogens is 2. The molecular weight excluding hydrogens is 282 g/mol. The van der Waals surface area contributed by atoms with Crippen LogP contribution in [0.25, 0.3) is 5.69 Å². The zero-order valence-corrected chi connectivity index (χ0v) is 12.3. The van der Waals surface area contributed by atoms with Crippen LogP contribution in [0.3, 0.4) is 0 Å². The van der Waals surface area contributed by atoms with Crippen LogP contribution in [0.4, 0.5) is 0 Å². The molecule has 0 amide bonds. The maximum Gasteiger partial charge on any atom is 0.205 e. The molecule has 22 heavy (non-hydrogen) atoms. The third-order valence-corrected chi connectivity index (χ3v) is 4.83. The zero-order chi connectivity index (χ0) is 15.7. The van der Waals surface area contributed by atoms with E-state index in [1.54, 1.807) is 12.1 Å². The number of ether oxygens (including phenoxy) is 1. The van der Waals surface area contributed by atoms with Gasteiger partial charge in [0, 0.05) is 0 Å². The zero-order valence-electron chi connectivity index (χ0n) is 12.3. The van der Waals surface area contributed by atoms with E-state index in [1.165, 1.54) is 10.8 Å². The standard InChI is InChI=1S/C16H15N3O3/c1-15-5-6-16(2,22-15)12-11(15)13(20)19(14(12)21)10-4-3-9(7-17)18-8-10/h3-4,8,20-21H,5-6H2,1-2H3/t15-,16+. The van der Waals surface area contributed by atoms with E-state index in [4.69, 9.17) is 10.00 Å². The highest BCUT2D eigenvalue weighted by Crippen LogP contribution is 2.64. The Labute approximate surface area is 127 Å². The van der Waals surface area contributed by atoms with Crippen molar-refractivity contribution in [2.45, 2.75) is 37.9 Å². The average molecular weight is 297 g/mol. The molecule has 1 saturated heterocycles. The van der Waals surface area contributed by atoms with E-state index in [-0.39, 0.29) is 17.5 Å². The van der Waals surface area contributed by atoms with Gasteiger partial charge >= 0.3 is 0 Å².